The summed E-state index contributed by atoms with van der Waals surface area (Å²) in [6.45, 7) is 10.6. The number of anilines is 1. The Morgan fingerprint density at radius 3 is 2.50 bits per heavy atom. The topological polar surface area (TPSA) is 68.5 Å². The average Bonchev–Trinajstić information content (AvgIpc) is 2.37. The third-order valence-electron chi connectivity index (χ3n) is 3.33. The van der Waals surface area contributed by atoms with Gasteiger partial charge in [-0.25, -0.2) is 4.79 Å². The van der Waals surface area contributed by atoms with Crippen molar-refractivity contribution in [3.63, 3.8) is 0 Å². The van der Waals surface area contributed by atoms with Crippen molar-refractivity contribution in [2.75, 3.05) is 12.3 Å². The zero-order chi connectivity index (χ0) is 16.8. The van der Waals surface area contributed by atoms with Gasteiger partial charge in [0.25, 0.3) is 0 Å². The second-order valence-electron chi connectivity index (χ2n) is 6.81. The summed E-state index contributed by atoms with van der Waals surface area (Å²) < 4.78 is 5.33. The van der Waals surface area contributed by atoms with Crippen molar-refractivity contribution in [2.24, 2.45) is 0 Å². The first kappa shape index (κ1) is 18.3. The van der Waals surface area contributed by atoms with Gasteiger partial charge in [-0.1, -0.05) is 0 Å². The van der Waals surface area contributed by atoms with Crippen molar-refractivity contribution >= 4 is 11.8 Å². The number of carbonyl (C=O) groups is 1. The molecule has 1 unspecified atom stereocenters. The van der Waals surface area contributed by atoms with E-state index in [0.717, 1.165) is 30.6 Å². The second-order valence-corrected chi connectivity index (χ2v) is 6.81. The molecule has 124 valence electrons. The summed E-state index contributed by atoms with van der Waals surface area (Å²) in [6.07, 6.45) is 6.66. The van der Waals surface area contributed by atoms with E-state index in [9.17, 15) is 4.79 Å². The molecular weight excluding hydrogens is 278 g/mol. The SMILES string of the molecule is CC1CCCCN1C(=O)OC(C)(C)C.Cc1cncc(N)c1. The molecule has 1 atom stereocenters. The zero-order valence-electron chi connectivity index (χ0n) is 14.4. The maximum absolute atomic E-state index is 11.7. The summed E-state index contributed by atoms with van der Waals surface area (Å²) >= 11 is 0. The van der Waals surface area contributed by atoms with Crippen LogP contribution in [0.15, 0.2) is 18.5 Å². The van der Waals surface area contributed by atoms with Crippen LogP contribution in [0.2, 0.25) is 0 Å². The van der Waals surface area contributed by atoms with Crippen molar-refractivity contribution in [2.45, 2.75) is 65.5 Å². The Bertz CT molecular complexity index is 466. The van der Waals surface area contributed by atoms with Crippen LogP contribution in [-0.2, 0) is 4.74 Å². The standard InChI is InChI=1S/C11H21NO2.C6H8N2/c1-9-7-5-6-8-12(9)10(13)14-11(2,3)4;1-5-2-6(7)4-8-3-5/h9H,5-8H2,1-4H3;2-4H,7H2,1H3. The van der Waals surface area contributed by atoms with Crippen molar-refractivity contribution in [3.05, 3.63) is 24.0 Å². The number of likely N-dealkylation sites (tertiary alicyclic amines) is 1. The molecule has 1 aromatic rings. The number of rotatable bonds is 0. The Labute approximate surface area is 133 Å². The number of nitrogens with two attached hydrogens (primary N) is 1. The molecule has 1 saturated heterocycles. The molecule has 1 aromatic heterocycles. The molecule has 2 rings (SSSR count). The van der Waals surface area contributed by atoms with Gasteiger partial charge in [0.15, 0.2) is 0 Å². The summed E-state index contributed by atoms with van der Waals surface area (Å²) in [5.41, 5.74) is 6.84. The Hall–Kier alpha value is -1.78. The fourth-order valence-electron chi connectivity index (χ4n) is 2.27. The molecule has 1 amide bonds. The number of amides is 1. The van der Waals surface area contributed by atoms with Gasteiger partial charge in [0, 0.05) is 25.0 Å². The van der Waals surface area contributed by atoms with Gasteiger partial charge in [0.1, 0.15) is 5.60 Å². The summed E-state index contributed by atoms with van der Waals surface area (Å²) in [4.78, 5) is 17.4. The molecule has 0 aromatic carbocycles. The normalized spacial score (nSPS) is 18.2. The molecular formula is C17H29N3O2. The van der Waals surface area contributed by atoms with Gasteiger partial charge in [-0.15, -0.1) is 0 Å². The molecule has 1 fully saturated rings. The lowest BCUT2D eigenvalue weighted by atomic mass is 10.0. The lowest BCUT2D eigenvalue weighted by Crippen LogP contribution is -2.44. The smallest absolute Gasteiger partial charge is 0.410 e. The third-order valence-corrected chi connectivity index (χ3v) is 3.33. The molecule has 1 aliphatic rings. The Morgan fingerprint density at radius 1 is 1.36 bits per heavy atom. The van der Waals surface area contributed by atoms with Gasteiger partial charge in [-0.2, -0.15) is 0 Å². The molecule has 0 aliphatic carbocycles. The number of aromatic nitrogens is 1. The van der Waals surface area contributed by atoms with E-state index in [1.807, 2.05) is 38.7 Å². The molecule has 5 heteroatoms. The quantitative estimate of drug-likeness (QED) is 0.792. The molecule has 5 nitrogen and oxygen atoms in total. The fraction of sp³-hybridized carbons (Fsp3) is 0.647. The van der Waals surface area contributed by atoms with Crippen LogP contribution in [0.3, 0.4) is 0 Å². The van der Waals surface area contributed by atoms with E-state index >= 15 is 0 Å². The van der Waals surface area contributed by atoms with E-state index < -0.39 is 0 Å². The molecule has 0 bridgehead atoms. The van der Waals surface area contributed by atoms with Gasteiger partial charge in [0.2, 0.25) is 0 Å². The van der Waals surface area contributed by atoms with Crippen LogP contribution >= 0.6 is 0 Å². The molecule has 22 heavy (non-hydrogen) atoms. The largest absolute Gasteiger partial charge is 0.444 e. The lowest BCUT2D eigenvalue weighted by molar-refractivity contribution is 0.0121. The molecule has 0 radical (unpaired) electrons. The van der Waals surface area contributed by atoms with Gasteiger partial charge < -0.3 is 15.4 Å². The first-order valence-electron chi connectivity index (χ1n) is 7.86. The highest BCUT2D eigenvalue weighted by Gasteiger charge is 2.27. The lowest BCUT2D eigenvalue weighted by Gasteiger charge is -2.34. The predicted molar refractivity (Wildman–Crippen MR) is 89.6 cm³/mol. The number of hydrogen-bond acceptors (Lipinski definition) is 4. The van der Waals surface area contributed by atoms with Crippen LogP contribution in [0.5, 0.6) is 0 Å². The minimum atomic E-state index is -0.381. The number of carbonyl (C=O) groups excluding carboxylic acids is 1. The number of hydrogen-bond donors (Lipinski definition) is 1. The fourth-order valence-corrected chi connectivity index (χ4v) is 2.27. The number of ether oxygens (including phenoxy) is 1. The van der Waals surface area contributed by atoms with Crippen LogP contribution in [0.1, 0.15) is 52.5 Å². The molecule has 0 spiro atoms. The minimum absolute atomic E-state index is 0.162. The Balaban J connectivity index is 0.000000255. The summed E-state index contributed by atoms with van der Waals surface area (Å²) in [5.74, 6) is 0. The van der Waals surface area contributed by atoms with Gasteiger partial charge >= 0.3 is 6.09 Å². The van der Waals surface area contributed by atoms with E-state index in [2.05, 4.69) is 11.9 Å². The van der Waals surface area contributed by atoms with Gasteiger partial charge in [-0.05, 0) is 65.5 Å². The Kier molecular flexibility index (Phi) is 6.65. The van der Waals surface area contributed by atoms with E-state index in [0.29, 0.717) is 6.04 Å². The highest BCUT2D eigenvalue weighted by molar-refractivity contribution is 5.68. The first-order chi connectivity index (χ1) is 10.2. The van der Waals surface area contributed by atoms with Crippen LogP contribution < -0.4 is 5.73 Å². The minimum Gasteiger partial charge on any atom is -0.444 e. The highest BCUT2D eigenvalue weighted by Crippen LogP contribution is 2.19. The molecule has 2 heterocycles. The Morgan fingerprint density at radius 2 is 2.05 bits per heavy atom. The van der Waals surface area contributed by atoms with Crippen LogP contribution in [-0.4, -0.2) is 34.2 Å². The van der Waals surface area contributed by atoms with Crippen molar-refractivity contribution in [1.82, 2.24) is 9.88 Å². The van der Waals surface area contributed by atoms with Crippen molar-refractivity contribution < 1.29 is 9.53 Å². The number of aryl methyl sites for hydroxylation is 1. The molecule has 2 N–H and O–H groups in total. The molecule has 0 saturated carbocycles. The number of nitrogens with zero attached hydrogens (tertiary/aromatic N) is 2. The predicted octanol–water partition coefficient (Wildman–Crippen LogP) is 3.77. The molecule has 1 aliphatic heterocycles. The van der Waals surface area contributed by atoms with Crippen LogP contribution in [0.25, 0.3) is 0 Å². The number of nitrogen functional groups attached to an aromatic ring is 1. The average molecular weight is 307 g/mol. The van der Waals surface area contributed by atoms with Crippen molar-refractivity contribution in [3.8, 4) is 0 Å². The second kappa shape index (κ2) is 8.01. The summed E-state index contributed by atoms with van der Waals surface area (Å²) in [5, 5.41) is 0. The van der Waals surface area contributed by atoms with Gasteiger partial charge in [0.05, 0.1) is 5.69 Å². The van der Waals surface area contributed by atoms with Gasteiger partial charge in [-0.3, -0.25) is 4.98 Å². The maximum atomic E-state index is 11.7. The highest BCUT2D eigenvalue weighted by atomic mass is 16.6. The van der Waals surface area contributed by atoms with Crippen LogP contribution in [0, 0.1) is 6.92 Å². The van der Waals surface area contributed by atoms with Crippen molar-refractivity contribution in [1.29, 1.82) is 0 Å². The van der Waals surface area contributed by atoms with E-state index in [4.69, 9.17) is 10.5 Å². The zero-order valence-corrected chi connectivity index (χ0v) is 14.4. The number of piperidine rings is 1. The van der Waals surface area contributed by atoms with E-state index in [1.54, 1.807) is 12.4 Å². The third kappa shape index (κ3) is 6.78. The van der Waals surface area contributed by atoms with Crippen LogP contribution in [0.4, 0.5) is 10.5 Å². The van der Waals surface area contributed by atoms with E-state index in [-0.39, 0.29) is 11.7 Å². The summed E-state index contributed by atoms with van der Waals surface area (Å²) in [6, 6.07) is 2.21. The van der Waals surface area contributed by atoms with E-state index in [1.165, 1.54) is 6.42 Å². The number of pyridine rings is 1. The first-order valence-corrected chi connectivity index (χ1v) is 7.86. The monoisotopic (exact) mass is 307 g/mol. The summed E-state index contributed by atoms with van der Waals surface area (Å²) in [7, 11) is 0. The maximum Gasteiger partial charge on any atom is 0.410 e.